The van der Waals surface area contributed by atoms with Gasteiger partial charge in [-0.1, -0.05) is 12.1 Å². The summed E-state index contributed by atoms with van der Waals surface area (Å²) in [6, 6.07) is 7.31. The lowest BCUT2D eigenvalue weighted by Gasteiger charge is -2.13. The van der Waals surface area contributed by atoms with E-state index in [1.807, 2.05) is 0 Å². The number of para-hydroxylation sites is 1. The van der Waals surface area contributed by atoms with Crippen LogP contribution < -0.4 is 10.7 Å². The highest BCUT2D eigenvalue weighted by Crippen LogP contribution is 2.07. The van der Waals surface area contributed by atoms with Crippen molar-refractivity contribution in [2.45, 2.75) is 6.04 Å². The molecule has 0 spiro atoms. The molecule has 100 valence electrons. The Balaban J connectivity index is 2.35. The minimum Gasteiger partial charge on any atom is -0.394 e. The predicted molar refractivity (Wildman–Crippen MR) is 70.0 cm³/mol. The number of hydrogen-bond acceptors (Lipinski definition) is 4. The van der Waals surface area contributed by atoms with Gasteiger partial charge in [-0.2, -0.15) is 0 Å². The topological polar surface area (TPSA) is 102 Å². The van der Waals surface area contributed by atoms with Gasteiger partial charge in [0.15, 0.2) is 5.43 Å². The van der Waals surface area contributed by atoms with E-state index in [0.29, 0.717) is 10.9 Å². The van der Waals surface area contributed by atoms with Gasteiger partial charge < -0.3 is 20.5 Å². The fourth-order valence-corrected chi connectivity index (χ4v) is 1.73. The Hall–Kier alpha value is -2.18. The molecule has 2 aromatic rings. The first-order valence-corrected chi connectivity index (χ1v) is 5.80. The van der Waals surface area contributed by atoms with Crippen LogP contribution in [0, 0.1) is 0 Å². The molecule has 0 saturated carbocycles. The van der Waals surface area contributed by atoms with Gasteiger partial charge in [0.2, 0.25) is 0 Å². The Labute approximate surface area is 108 Å². The van der Waals surface area contributed by atoms with Crippen LogP contribution in [0.4, 0.5) is 0 Å². The van der Waals surface area contributed by atoms with Crippen LogP contribution in [0.5, 0.6) is 0 Å². The van der Waals surface area contributed by atoms with Gasteiger partial charge in [-0.05, 0) is 12.1 Å². The Bertz CT molecular complexity index is 646. The van der Waals surface area contributed by atoms with Gasteiger partial charge >= 0.3 is 0 Å². The van der Waals surface area contributed by atoms with E-state index in [0.717, 1.165) is 0 Å². The number of pyridine rings is 1. The van der Waals surface area contributed by atoms with Crippen LogP contribution >= 0.6 is 0 Å². The standard InChI is InChI=1S/C13H14N2O4/c16-6-8(7-17)14-13(19)11-5-12(18)9-3-1-2-4-10(9)15-11/h1-5,8,16-17H,6-7H2,(H,14,19)(H,15,18). The molecular weight excluding hydrogens is 248 g/mol. The number of H-pyrrole nitrogens is 1. The number of carbonyl (C=O) groups excluding carboxylic acids is 1. The molecular formula is C13H14N2O4. The van der Waals surface area contributed by atoms with E-state index < -0.39 is 11.9 Å². The minimum absolute atomic E-state index is 0.0931. The van der Waals surface area contributed by atoms with Gasteiger partial charge in [-0.15, -0.1) is 0 Å². The second-order valence-corrected chi connectivity index (χ2v) is 4.13. The lowest BCUT2D eigenvalue weighted by molar-refractivity contribution is 0.0874. The summed E-state index contributed by atoms with van der Waals surface area (Å²) in [6.45, 7) is -0.750. The third-order valence-corrected chi connectivity index (χ3v) is 2.76. The van der Waals surface area contributed by atoms with Gasteiger partial charge in [0.05, 0.1) is 19.3 Å². The van der Waals surface area contributed by atoms with Crippen molar-refractivity contribution in [3.05, 3.63) is 46.2 Å². The fraction of sp³-hybridized carbons (Fsp3) is 0.231. The zero-order valence-electron chi connectivity index (χ0n) is 10.1. The highest BCUT2D eigenvalue weighted by molar-refractivity contribution is 5.94. The van der Waals surface area contributed by atoms with Gasteiger partial charge in [-0.3, -0.25) is 9.59 Å². The number of carbonyl (C=O) groups is 1. The molecule has 4 N–H and O–H groups in total. The van der Waals surface area contributed by atoms with Crippen LogP contribution in [0.2, 0.25) is 0 Å². The summed E-state index contributed by atoms with van der Waals surface area (Å²) < 4.78 is 0. The average molecular weight is 262 g/mol. The van der Waals surface area contributed by atoms with Gasteiger partial charge in [0.1, 0.15) is 5.69 Å². The number of aromatic amines is 1. The van der Waals surface area contributed by atoms with Crippen LogP contribution in [-0.4, -0.2) is 40.4 Å². The number of fused-ring (bicyclic) bond motifs is 1. The number of aromatic nitrogens is 1. The van der Waals surface area contributed by atoms with E-state index in [9.17, 15) is 9.59 Å². The first-order chi connectivity index (χ1) is 9.15. The molecule has 6 nitrogen and oxygen atoms in total. The molecule has 0 aliphatic heterocycles. The smallest absolute Gasteiger partial charge is 0.268 e. The van der Waals surface area contributed by atoms with Crippen LogP contribution in [0.15, 0.2) is 35.1 Å². The summed E-state index contributed by atoms with van der Waals surface area (Å²) in [7, 11) is 0. The molecule has 0 bridgehead atoms. The van der Waals surface area contributed by atoms with Crippen molar-refractivity contribution in [3.8, 4) is 0 Å². The van der Waals surface area contributed by atoms with Crippen molar-refractivity contribution in [3.63, 3.8) is 0 Å². The second-order valence-electron chi connectivity index (χ2n) is 4.13. The number of aliphatic hydroxyl groups excluding tert-OH is 2. The summed E-state index contributed by atoms with van der Waals surface area (Å²) in [5, 5.41) is 20.7. The minimum atomic E-state index is -0.748. The number of rotatable bonds is 4. The van der Waals surface area contributed by atoms with Crippen LogP contribution in [-0.2, 0) is 0 Å². The molecule has 1 heterocycles. The van der Waals surface area contributed by atoms with E-state index in [-0.39, 0.29) is 24.3 Å². The zero-order chi connectivity index (χ0) is 13.8. The number of nitrogens with one attached hydrogen (secondary N) is 2. The lowest BCUT2D eigenvalue weighted by atomic mass is 10.2. The molecule has 2 rings (SSSR count). The van der Waals surface area contributed by atoms with Crippen LogP contribution in [0.3, 0.4) is 0 Å². The predicted octanol–water partition coefficient (Wildman–Crippen LogP) is -0.389. The first kappa shape index (κ1) is 13.3. The molecule has 6 heteroatoms. The molecule has 0 saturated heterocycles. The molecule has 19 heavy (non-hydrogen) atoms. The van der Waals surface area contributed by atoms with Gasteiger partial charge in [0.25, 0.3) is 5.91 Å². The third-order valence-electron chi connectivity index (χ3n) is 2.76. The molecule has 0 atom stereocenters. The monoisotopic (exact) mass is 262 g/mol. The number of amides is 1. The summed E-state index contributed by atoms with van der Waals surface area (Å²) >= 11 is 0. The maximum Gasteiger partial charge on any atom is 0.268 e. The Morgan fingerprint density at radius 3 is 2.63 bits per heavy atom. The number of benzene rings is 1. The second kappa shape index (κ2) is 5.64. The normalized spacial score (nSPS) is 10.9. The quantitative estimate of drug-likeness (QED) is 0.602. The van der Waals surface area contributed by atoms with Crippen molar-refractivity contribution < 1.29 is 15.0 Å². The molecule has 0 aliphatic carbocycles. The van der Waals surface area contributed by atoms with Crippen LogP contribution in [0.1, 0.15) is 10.5 Å². The summed E-state index contributed by atoms with van der Waals surface area (Å²) in [5.74, 6) is -0.545. The first-order valence-electron chi connectivity index (χ1n) is 5.80. The largest absolute Gasteiger partial charge is 0.394 e. The zero-order valence-corrected chi connectivity index (χ0v) is 10.1. The highest BCUT2D eigenvalue weighted by atomic mass is 16.3. The van der Waals surface area contributed by atoms with Crippen molar-refractivity contribution >= 4 is 16.8 Å². The summed E-state index contributed by atoms with van der Waals surface area (Å²) in [6.07, 6.45) is 0. The van der Waals surface area contributed by atoms with E-state index in [1.54, 1.807) is 24.3 Å². The Morgan fingerprint density at radius 2 is 1.95 bits per heavy atom. The molecule has 1 aromatic carbocycles. The highest BCUT2D eigenvalue weighted by Gasteiger charge is 2.13. The van der Waals surface area contributed by atoms with E-state index >= 15 is 0 Å². The average Bonchev–Trinajstić information content (AvgIpc) is 2.44. The van der Waals surface area contributed by atoms with E-state index in [4.69, 9.17) is 10.2 Å². The Kier molecular flexibility index (Phi) is 3.94. The van der Waals surface area contributed by atoms with Gasteiger partial charge in [0, 0.05) is 17.0 Å². The lowest BCUT2D eigenvalue weighted by Crippen LogP contribution is -2.40. The fourth-order valence-electron chi connectivity index (χ4n) is 1.73. The van der Waals surface area contributed by atoms with Crippen molar-refractivity contribution in [2.75, 3.05) is 13.2 Å². The number of hydrogen-bond donors (Lipinski definition) is 4. The summed E-state index contributed by atoms with van der Waals surface area (Å²) in [5.41, 5.74) is 0.393. The molecule has 0 aliphatic rings. The molecule has 1 amide bonds. The maximum atomic E-state index is 11.9. The van der Waals surface area contributed by atoms with Crippen molar-refractivity contribution in [1.29, 1.82) is 0 Å². The molecule has 0 fully saturated rings. The van der Waals surface area contributed by atoms with Crippen LogP contribution in [0.25, 0.3) is 10.9 Å². The summed E-state index contributed by atoms with van der Waals surface area (Å²) in [4.78, 5) is 26.5. The van der Waals surface area contributed by atoms with Crippen molar-refractivity contribution in [1.82, 2.24) is 10.3 Å². The van der Waals surface area contributed by atoms with E-state index in [1.165, 1.54) is 6.07 Å². The van der Waals surface area contributed by atoms with Gasteiger partial charge in [-0.25, -0.2) is 0 Å². The van der Waals surface area contributed by atoms with E-state index in [2.05, 4.69) is 10.3 Å². The Morgan fingerprint density at radius 1 is 1.26 bits per heavy atom. The van der Waals surface area contributed by atoms with Crippen molar-refractivity contribution in [2.24, 2.45) is 0 Å². The molecule has 0 radical (unpaired) electrons. The third kappa shape index (κ3) is 2.81. The molecule has 1 aromatic heterocycles. The number of aliphatic hydroxyl groups is 2. The SMILES string of the molecule is O=C(NC(CO)CO)c1cc(=O)c2ccccc2[nH]1. The molecule has 0 unspecified atom stereocenters. The maximum absolute atomic E-state index is 11.9.